The lowest BCUT2D eigenvalue weighted by molar-refractivity contribution is -0.121. The van der Waals surface area contributed by atoms with Crippen LogP contribution < -0.4 is 5.32 Å². The van der Waals surface area contributed by atoms with Crippen molar-refractivity contribution in [3.05, 3.63) is 59.0 Å². The lowest BCUT2D eigenvalue weighted by Crippen LogP contribution is -2.40. The monoisotopic (exact) mass is 416 g/mol. The van der Waals surface area contributed by atoms with E-state index >= 15 is 0 Å². The van der Waals surface area contributed by atoms with Crippen molar-refractivity contribution in [1.82, 2.24) is 9.62 Å². The number of rotatable bonds is 10. The summed E-state index contributed by atoms with van der Waals surface area (Å²) in [5, 5.41) is 3.20. The van der Waals surface area contributed by atoms with Gasteiger partial charge in [0.15, 0.2) is 0 Å². The number of hydrogen-bond acceptors (Lipinski definition) is 5. The molecule has 9 heteroatoms. The van der Waals surface area contributed by atoms with Crippen molar-refractivity contribution in [1.29, 1.82) is 0 Å². The first-order chi connectivity index (χ1) is 12.4. The van der Waals surface area contributed by atoms with Crippen molar-refractivity contribution in [2.75, 3.05) is 25.1 Å². The Bertz CT molecular complexity index is 810. The van der Waals surface area contributed by atoms with Crippen LogP contribution in [0.25, 0.3) is 0 Å². The molecule has 1 amide bonds. The lowest BCUT2D eigenvalue weighted by Gasteiger charge is -2.20. The van der Waals surface area contributed by atoms with Gasteiger partial charge in [-0.05, 0) is 23.8 Å². The maximum absolute atomic E-state index is 12.1. The third kappa shape index (κ3) is 7.03. The number of amides is 1. The van der Waals surface area contributed by atoms with Crippen LogP contribution in [-0.4, -0.2) is 43.7 Å². The maximum atomic E-state index is 12.1. The minimum absolute atomic E-state index is 0.0547. The summed E-state index contributed by atoms with van der Waals surface area (Å²) in [5.41, 5.74) is 0.654. The second-order valence-corrected chi connectivity index (χ2v) is 9.10. The molecule has 1 heterocycles. The molecular formula is C17H21ClN2O4S2. The number of furan rings is 1. The minimum atomic E-state index is -3.54. The molecule has 1 aromatic heterocycles. The molecule has 142 valence electrons. The lowest BCUT2D eigenvalue weighted by atomic mass is 10.2. The molecule has 0 aliphatic heterocycles. The van der Waals surface area contributed by atoms with E-state index in [1.165, 1.54) is 0 Å². The Labute approximate surface area is 162 Å². The van der Waals surface area contributed by atoms with Gasteiger partial charge in [-0.1, -0.05) is 29.8 Å². The second-order valence-electron chi connectivity index (χ2n) is 5.60. The van der Waals surface area contributed by atoms with E-state index in [4.69, 9.17) is 16.0 Å². The number of carbonyl (C=O) groups is 1. The number of benzene rings is 1. The van der Waals surface area contributed by atoms with Crippen molar-refractivity contribution in [3.8, 4) is 0 Å². The molecule has 0 radical (unpaired) electrons. The summed E-state index contributed by atoms with van der Waals surface area (Å²) >= 11 is 7.71. The van der Waals surface area contributed by atoms with Crippen molar-refractivity contribution >= 4 is 39.3 Å². The summed E-state index contributed by atoms with van der Waals surface area (Å²) < 4.78 is 30.3. The first-order valence-corrected chi connectivity index (χ1v) is 11.3. The van der Waals surface area contributed by atoms with E-state index in [0.717, 1.165) is 22.1 Å². The van der Waals surface area contributed by atoms with Gasteiger partial charge in [-0.15, -0.1) is 0 Å². The summed E-state index contributed by atoms with van der Waals surface area (Å²) in [6.45, 7) is 0.264. The van der Waals surface area contributed by atoms with Crippen molar-refractivity contribution < 1.29 is 17.6 Å². The standard InChI is InChI=1S/C17H21ClN2O4S2/c1-26(22,23)20(11-14-5-2-3-7-16(14)18)12-17(21)19-8-10-25-13-15-6-4-9-24-15/h2-7,9H,8,10-13H2,1H3,(H,19,21). The van der Waals surface area contributed by atoms with Crippen LogP contribution in [0.1, 0.15) is 11.3 Å². The fourth-order valence-corrected chi connectivity index (χ4v) is 3.83. The van der Waals surface area contributed by atoms with Gasteiger partial charge in [-0.3, -0.25) is 4.79 Å². The summed E-state index contributed by atoms with van der Waals surface area (Å²) in [5.74, 6) is 1.96. The SMILES string of the molecule is CS(=O)(=O)N(CC(=O)NCCSCc1ccco1)Cc1ccccc1Cl. The van der Waals surface area contributed by atoms with E-state index < -0.39 is 10.0 Å². The molecule has 26 heavy (non-hydrogen) atoms. The first-order valence-electron chi connectivity index (χ1n) is 7.91. The molecule has 6 nitrogen and oxygen atoms in total. The molecule has 1 N–H and O–H groups in total. The maximum Gasteiger partial charge on any atom is 0.235 e. The zero-order chi connectivity index (χ0) is 19.0. The molecule has 0 saturated carbocycles. The molecule has 0 bridgehead atoms. The number of sulfonamides is 1. The van der Waals surface area contributed by atoms with Gasteiger partial charge in [0.1, 0.15) is 5.76 Å². The number of nitrogens with zero attached hydrogens (tertiary/aromatic N) is 1. The van der Waals surface area contributed by atoms with Crippen LogP contribution in [-0.2, 0) is 27.1 Å². The smallest absolute Gasteiger partial charge is 0.235 e. The van der Waals surface area contributed by atoms with Gasteiger partial charge < -0.3 is 9.73 Å². The summed E-state index contributed by atoms with van der Waals surface area (Å²) in [6, 6.07) is 10.7. The average molecular weight is 417 g/mol. The molecule has 0 fully saturated rings. The van der Waals surface area contributed by atoms with E-state index in [0.29, 0.717) is 22.9 Å². The highest BCUT2D eigenvalue weighted by Crippen LogP contribution is 2.18. The molecule has 2 rings (SSSR count). The first kappa shape index (κ1) is 20.8. The summed E-state index contributed by atoms with van der Waals surface area (Å²) in [6.07, 6.45) is 2.70. The predicted octanol–water partition coefficient (Wildman–Crippen LogP) is 2.74. The van der Waals surface area contributed by atoms with Crippen LogP contribution in [0.3, 0.4) is 0 Å². The van der Waals surface area contributed by atoms with E-state index in [1.807, 2.05) is 12.1 Å². The van der Waals surface area contributed by atoms with Crippen LogP contribution >= 0.6 is 23.4 Å². The van der Waals surface area contributed by atoms with Crippen molar-refractivity contribution in [3.63, 3.8) is 0 Å². The molecule has 0 aliphatic carbocycles. The zero-order valence-electron chi connectivity index (χ0n) is 14.4. The Kier molecular flexibility index (Phi) is 8.02. The van der Waals surface area contributed by atoms with Gasteiger partial charge in [0.05, 0.1) is 24.8 Å². The van der Waals surface area contributed by atoms with Gasteiger partial charge in [-0.25, -0.2) is 8.42 Å². The molecule has 0 spiro atoms. The molecule has 0 saturated heterocycles. The highest BCUT2D eigenvalue weighted by atomic mass is 35.5. The minimum Gasteiger partial charge on any atom is -0.468 e. The number of thioether (sulfide) groups is 1. The Morgan fingerprint density at radius 1 is 1.27 bits per heavy atom. The molecular weight excluding hydrogens is 396 g/mol. The van der Waals surface area contributed by atoms with Gasteiger partial charge >= 0.3 is 0 Å². The molecule has 0 atom stereocenters. The van der Waals surface area contributed by atoms with Crippen LogP contribution in [0.15, 0.2) is 47.1 Å². The number of nitrogens with one attached hydrogen (secondary N) is 1. The molecule has 0 unspecified atom stereocenters. The fourth-order valence-electron chi connectivity index (χ4n) is 2.15. The van der Waals surface area contributed by atoms with Crippen LogP contribution in [0.2, 0.25) is 5.02 Å². The predicted molar refractivity (Wildman–Crippen MR) is 105 cm³/mol. The quantitative estimate of drug-likeness (QED) is 0.602. The fraction of sp³-hybridized carbons (Fsp3) is 0.353. The van der Waals surface area contributed by atoms with E-state index in [-0.39, 0.29) is 19.0 Å². The molecule has 1 aromatic carbocycles. The van der Waals surface area contributed by atoms with E-state index in [1.54, 1.807) is 42.3 Å². The van der Waals surface area contributed by atoms with E-state index in [2.05, 4.69) is 5.32 Å². The zero-order valence-corrected chi connectivity index (χ0v) is 16.7. The molecule has 0 aliphatic rings. The van der Waals surface area contributed by atoms with Crippen molar-refractivity contribution in [2.24, 2.45) is 0 Å². The Morgan fingerprint density at radius 2 is 2.04 bits per heavy atom. The Balaban J connectivity index is 1.80. The third-order valence-corrected chi connectivity index (χ3v) is 6.03. The van der Waals surface area contributed by atoms with Crippen LogP contribution in [0, 0.1) is 0 Å². The number of halogens is 1. The summed E-state index contributed by atoms with van der Waals surface area (Å²) in [7, 11) is -3.54. The van der Waals surface area contributed by atoms with Gasteiger partial charge in [-0.2, -0.15) is 16.1 Å². The van der Waals surface area contributed by atoms with Crippen LogP contribution in [0.5, 0.6) is 0 Å². The Morgan fingerprint density at radius 3 is 2.69 bits per heavy atom. The van der Waals surface area contributed by atoms with Crippen molar-refractivity contribution in [2.45, 2.75) is 12.3 Å². The van der Waals surface area contributed by atoms with Crippen LogP contribution in [0.4, 0.5) is 0 Å². The van der Waals surface area contributed by atoms with Gasteiger partial charge in [0.25, 0.3) is 0 Å². The highest BCUT2D eigenvalue weighted by molar-refractivity contribution is 7.98. The Hall–Kier alpha value is -1.48. The third-order valence-electron chi connectivity index (χ3n) is 3.49. The van der Waals surface area contributed by atoms with E-state index in [9.17, 15) is 13.2 Å². The van der Waals surface area contributed by atoms with Gasteiger partial charge in [0, 0.05) is 23.9 Å². The summed E-state index contributed by atoms with van der Waals surface area (Å²) in [4.78, 5) is 12.1. The topological polar surface area (TPSA) is 79.6 Å². The largest absolute Gasteiger partial charge is 0.468 e. The average Bonchev–Trinajstić information content (AvgIpc) is 3.08. The highest BCUT2D eigenvalue weighted by Gasteiger charge is 2.21. The molecule has 2 aromatic rings. The number of hydrogen-bond donors (Lipinski definition) is 1. The normalized spacial score (nSPS) is 11.7. The second kappa shape index (κ2) is 10.0. The number of carbonyl (C=O) groups excluding carboxylic acids is 1. The van der Waals surface area contributed by atoms with Gasteiger partial charge in [0.2, 0.25) is 15.9 Å².